The van der Waals surface area contributed by atoms with E-state index >= 15 is 0 Å². The van der Waals surface area contributed by atoms with Gasteiger partial charge in [0.05, 0.1) is 23.5 Å². The average molecular weight is 316 g/mol. The molecule has 4 heteroatoms. The summed E-state index contributed by atoms with van der Waals surface area (Å²) in [5.74, 6) is 0. The van der Waals surface area contributed by atoms with Crippen molar-refractivity contribution in [3.05, 3.63) is 57.8 Å². The van der Waals surface area contributed by atoms with Gasteiger partial charge in [-0.2, -0.15) is 5.26 Å². The lowest BCUT2D eigenvalue weighted by atomic mass is 10.1. The molecular formula is C15H14BrN3. The SMILES string of the molecule is Cc1cc(NC(C)c2cccc(C#N)c2)cnc1Br. The molecule has 0 radical (unpaired) electrons. The first-order chi connectivity index (χ1) is 9.10. The topological polar surface area (TPSA) is 48.7 Å². The Morgan fingerprint density at radius 2 is 2.16 bits per heavy atom. The standard InChI is InChI=1S/C15H14BrN3/c1-10-6-14(9-18-15(10)16)19-11(2)13-5-3-4-12(7-13)8-17/h3-7,9,11,19H,1-2H3. The third-order valence-electron chi connectivity index (χ3n) is 2.91. The summed E-state index contributed by atoms with van der Waals surface area (Å²) >= 11 is 3.38. The Kier molecular flexibility index (Phi) is 4.18. The van der Waals surface area contributed by atoms with Gasteiger partial charge < -0.3 is 5.32 Å². The number of benzene rings is 1. The first-order valence-electron chi connectivity index (χ1n) is 5.99. The Balaban J connectivity index is 2.18. The van der Waals surface area contributed by atoms with Gasteiger partial charge in [-0.15, -0.1) is 0 Å². The lowest BCUT2D eigenvalue weighted by Crippen LogP contribution is -2.07. The molecule has 1 heterocycles. The van der Waals surface area contributed by atoms with Crippen LogP contribution >= 0.6 is 15.9 Å². The number of aryl methyl sites for hydroxylation is 1. The van der Waals surface area contributed by atoms with E-state index in [0.717, 1.165) is 21.4 Å². The van der Waals surface area contributed by atoms with Crippen molar-refractivity contribution in [1.29, 1.82) is 5.26 Å². The molecule has 0 spiro atoms. The maximum atomic E-state index is 8.91. The number of hydrogen-bond acceptors (Lipinski definition) is 3. The Hall–Kier alpha value is -1.86. The van der Waals surface area contributed by atoms with Crippen molar-refractivity contribution in [1.82, 2.24) is 4.98 Å². The highest BCUT2D eigenvalue weighted by atomic mass is 79.9. The summed E-state index contributed by atoms with van der Waals surface area (Å²) in [4.78, 5) is 4.26. The van der Waals surface area contributed by atoms with E-state index in [4.69, 9.17) is 5.26 Å². The molecule has 0 amide bonds. The summed E-state index contributed by atoms with van der Waals surface area (Å²) in [5.41, 5.74) is 3.81. The van der Waals surface area contributed by atoms with Crippen LogP contribution in [0.2, 0.25) is 0 Å². The van der Waals surface area contributed by atoms with E-state index in [2.05, 4.69) is 39.2 Å². The van der Waals surface area contributed by atoms with Crippen LogP contribution in [0.5, 0.6) is 0 Å². The monoisotopic (exact) mass is 315 g/mol. The number of nitrogens with zero attached hydrogens (tertiary/aromatic N) is 2. The van der Waals surface area contributed by atoms with Crippen molar-refractivity contribution in [3.63, 3.8) is 0 Å². The van der Waals surface area contributed by atoms with E-state index in [1.54, 1.807) is 6.20 Å². The van der Waals surface area contributed by atoms with Crippen molar-refractivity contribution in [2.75, 3.05) is 5.32 Å². The van der Waals surface area contributed by atoms with Gasteiger partial charge in [-0.25, -0.2) is 4.98 Å². The minimum atomic E-state index is 0.121. The van der Waals surface area contributed by atoms with Gasteiger partial charge in [0.2, 0.25) is 0 Å². The van der Waals surface area contributed by atoms with Gasteiger partial charge >= 0.3 is 0 Å². The third-order valence-corrected chi connectivity index (χ3v) is 3.74. The predicted octanol–water partition coefficient (Wildman–Crippen LogP) is 4.20. The number of hydrogen-bond donors (Lipinski definition) is 1. The molecular weight excluding hydrogens is 302 g/mol. The van der Waals surface area contributed by atoms with Crippen LogP contribution in [0, 0.1) is 18.3 Å². The second kappa shape index (κ2) is 5.85. The second-order valence-corrected chi connectivity index (χ2v) is 5.19. The Morgan fingerprint density at radius 3 is 2.84 bits per heavy atom. The van der Waals surface area contributed by atoms with Crippen molar-refractivity contribution >= 4 is 21.6 Å². The molecule has 1 aromatic carbocycles. The molecule has 96 valence electrons. The molecule has 0 saturated carbocycles. The third kappa shape index (κ3) is 3.33. The van der Waals surface area contributed by atoms with Crippen LogP contribution in [-0.2, 0) is 0 Å². The summed E-state index contributed by atoms with van der Waals surface area (Å²) in [5, 5.41) is 12.3. The molecule has 1 N–H and O–H groups in total. The van der Waals surface area contributed by atoms with Gasteiger partial charge in [-0.1, -0.05) is 12.1 Å². The molecule has 1 atom stereocenters. The summed E-state index contributed by atoms with van der Waals surface area (Å²) in [7, 11) is 0. The maximum absolute atomic E-state index is 8.91. The zero-order valence-electron chi connectivity index (χ0n) is 10.8. The molecule has 3 nitrogen and oxygen atoms in total. The van der Waals surface area contributed by atoms with Crippen molar-refractivity contribution < 1.29 is 0 Å². The Labute approximate surface area is 121 Å². The second-order valence-electron chi connectivity index (χ2n) is 4.43. The maximum Gasteiger partial charge on any atom is 0.109 e. The molecule has 0 saturated heterocycles. The minimum Gasteiger partial charge on any atom is -0.377 e. The highest BCUT2D eigenvalue weighted by molar-refractivity contribution is 9.10. The van der Waals surface area contributed by atoms with E-state index in [-0.39, 0.29) is 6.04 Å². The van der Waals surface area contributed by atoms with E-state index in [1.807, 2.05) is 37.3 Å². The van der Waals surface area contributed by atoms with E-state index in [1.165, 1.54) is 0 Å². The van der Waals surface area contributed by atoms with Crippen LogP contribution in [0.15, 0.2) is 41.1 Å². The number of halogens is 1. The largest absolute Gasteiger partial charge is 0.377 e. The zero-order valence-corrected chi connectivity index (χ0v) is 12.4. The summed E-state index contributed by atoms with van der Waals surface area (Å²) in [6, 6.07) is 11.9. The molecule has 0 fully saturated rings. The van der Waals surface area contributed by atoms with Gasteiger partial charge in [0.15, 0.2) is 0 Å². The Bertz CT molecular complexity index is 632. The molecule has 0 aliphatic heterocycles. The number of nitrogens with one attached hydrogen (secondary N) is 1. The normalized spacial score (nSPS) is 11.7. The fourth-order valence-electron chi connectivity index (χ4n) is 1.85. The highest BCUT2D eigenvalue weighted by Gasteiger charge is 2.07. The van der Waals surface area contributed by atoms with Crippen LogP contribution in [0.3, 0.4) is 0 Å². The summed E-state index contributed by atoms with van der Waals surface area (Å²) in [6.45, 7) is 4.07. The van der Waals surface area contributed by atoms with Crippen LogP contribution in [0.25, 0.3) is 0 Å². The fourth-order valence-corrected chi connectivity index (χ4v) is 2.06. The van der Waals surface area contributed by atoms with Crippen LogP contribution in [0.4, 0.5) is 5.69 Å². The molecule has 1 unspecified atom stereocenters. The van der Waals surface area contributed by atoms with Gasteiger partial charge in [0.1, 0.15) is 4.60 Å². The number of rotatable bonds is 3. The minimum absolute atomic E-state index is 0.121. The number of nitriles is 1. The number of pyridine rings is 1. The van der Waals surface area contributed by atoms with Gasteiger partial charge in [-0.05, 0) is 59.1 Å². The van der Waals surface area contributed by atoms with Crippen molar-refractivity contribution in [2.24, 2.45) is 0 Å². The fraction of sp³-hybridized carbons (Fsp3) is 0.200. The number of anilines is 1. The first kappa shape index (κ1) is 13.6. The van der Waals surface area contributed by atoms with E-state index < -0.39 is 0 Å². The van der Waals surface area contributed by atoms with Crippen LogP contribution < -0.4 is 5.32 Å². The first-order valence-corrected chi connectivity index (χ1v) is 6.78. The molecule has 2 rings (SSSR count). The van der Waals surface area contributed by atoms with Gasteiger partial charge in [-0.3, -0.25) is 0 Å². The van der Waals surface area contributed by atoms with Crippen LogP contribution in [-0.4, -0.2) is 4.98 Å². The summed E-state index contributed by atoms with van der Waals surface area (Å²) in [6.07, 6.45) is 1.79. The number of aromatic nitrogens is 1. The van der Waals surface area contributed by atoms with E-state index in [9.17, 15) is 0 Å². The van der Waals surface area contributed by atoms with Crippen molar-refractivity contribution in [2.45, 2.75) is 19.9 Å². The highest BCUT2D eigenvalue weighted by Crippen LogP contribution is 2.22. The molecule has 0 aliphatic rings. The molecule has 2 aromatic rings. The summed E-state index contributed by atoms with van der Waals surface area (Å²) < 4.78 is 0.859. The van der Waals surface area contributed by atoms with Crippen LogP contribution in [0.1, 0.15) is 29.7 Å². The lowest BCUT2D eigenvalue weighted by Gasteiger charge is -2.16. The van der Waals surface area contributed by atoms with Crippen molar-refractivity contribution in [3.8, 4) is 6.07 Å². The molecule has 0 bridgehead atoms. The molecule has 0 aliphatic carbocycles. The lowest BCUT2D eigenvalue weighted by molar-refractivity contribution is 0.881. The quantitative estimate of drug-likeness (QED) is 0.864. The molecule has 1 aromatic heterocycles. The Morgan fingerprint density at radius 1 is 1.37 bits per heavy atom. The zero-order chi connectivity index (χ0) is 13.8. The average Bonchev–Trinajstić information content (AvgIpc) is 2.43. The molecule has 19 heavy (non-hydrogen) atoms. The predicted molar refractivity (Wildman–Crippen MR) is 79.9 cm³/mol. The van der Waals surface area contributed by atoms with Gasteiger partial charge in [0, 0.05) is 6.04 Å². The van der Waals surface area contributed by atoms with Gasteiger partial charge in [0.25, 0.3) is 0 Å². The van der Waals surface area contributed by atoms with E-state index in [0.29, 0.717) is 5.56 Å². The smallest absolute Gasteiger partial charge is 0.109 e.